The molecule has 1 aromatic carbocycles. The minimum atomic E-state index is -1.23. The molecule has 0 spiro atoms. The third-order valence-corrected chi connectivity index (χ3v) is 1.90. The summed E-state index contributed by atoms with van der Waals surface area (Å²) >= 11 is 0. The molecule has 78 valence electrons. The molecule has 0 aliphatic rings. The zero-order chi connectivity index (χ0) is 10.4. The van der Waals surface area contributed by atoms with Gasteiger partial charge in [-0.05, 0) is 25.5 Å². The molecule has 3 heteroatoms. The lowest BCUT2D eigenvalue weighted by molar-refractivity contribution is -0.0479. The molecule has 0 heterocycles. The van der Waals surface area contributed by atoms with Crippen LogP contribution in [0.1, 0.15) is 18.4 Å². The first kappa shape index (κ1) is 11.0. The summed E-state index contributed by atoms with van der Waals surface area (Å²) < 4.78 is 5.39. The van der Waals surface area contributed by atoms with Crippen molar-refractivity contribution in [2.45, 2.75) is 26.1 Å². The van der Waals surface area contributed by atoms with Gasteiger partial charge in [-0.25, -0.2) is 0 Å². The number of aryl methyl sites for hydroxylation is 1. The summed E-state index contributed by atoms with van der Waals surface area (Å²) in [5, 5.41) is 17.2. The minimum absolute atomic E-state index is 0.353. The molecule has 0 aliphatic carbocycles. The lowest BCUT2D eigenvalue weighted by atomic mass is 10.2. The van der Waals surface area contributed by atoms with E-state index < -0.39 is 6.29 Å². The summed E-state index contributed by atoms with van der Waals surface area (Å²) in [7, 11) is 0. The molecular weight excluding hydrogens is 180 g/mol. The number of aliphatic hydroxyl groups excluding tert-OH is 1. The van der Waals surface area contributed by atoms with Crippen molar-refractivity contribution in [3.63, 3.8) is 0 Å². The Morgan fingerprint density at radius 2 is 1.86 bits per heavy atom. The molecule has 2 N–H and O–H groups in total. The maximum Gasteiger partial charge on any atom is 0.151 e. The van der Waals surface area contributed by atoms with Gasteiger partial charge in [0.2, 0.25) is 0 Å². The maximum atomic E-state index is 8.59. The molecule has 0 bridgehead atoms. The van der Waals surface area contributed by atoms with Gasteiger partial charge in [-0.2, -0.15) is 0 Å². The second-order valence-electron chi connectivity index (χ2n) is 3.28. The first-order valence-electron chi connectivity index (χ1n) is 4.74. The molecule has 0 radical (unpaired) electrons. The van der Waals surface area contributed by atoms with Crippen LogP contribution < -0.4 is 4.74 Å². The molecule has 0 saturated heterocycles. The average molecular weight is 196 g/mol. The van der Waals surface area contributed by atoms with E-state index in [9.17, 15) is 0 Å². The quantitative estimate of drug-likeness (QED) is 0.553. The predicted octanol–water partition coefficient (Wildman–Crippen LogP) is 1.46. The number of rotatable bonds is 5. The fourth-order valence-electron chi connectivity index (χ4n) is 1.09. The van der Waals surface area contributed by atoms with Gasteiger partial charge in [-0.15, -0.1) is 0 Å². The van der Waals surface area contributed by atoms with E-state index in [2.05, 4.69) is 0 Å². The average Bonchev–Trinajstić information content (AvgIpc) is 2.15. The number of ether oxygens (including phenoxy) is 1. The monoisotopic (exact) mass is 196 g/mol. The molecule has 0 aliphatic heterocycles. The van der Waals surface area contributed by atoms with Crippen LogP contribution in [-0.4, -0.2) is 23.1 Å². The summed E-state index contributed by atoms with van der Waals surface area (Å²) in [5.41, 5.74) is 1.20. The van der Waals surface area contributed by atoms with Crippen molar-refractivity contribution in [1.82, 2.24) is 0 Å². The first-order valence-corrected chi connectivity index (χ1v) is 4.74. The van der Waals surface area contributed by atoms with Gasteiger partial charge in [-0.1, -0.05) is 17.7 Å². The Morgan fingerprint density at radius 1 is 1.21 bits per heavy atom. The SMILES string of the molecule is Cc1ccc(OCCCC(O)O)cc1. The Morgan fingerprint density at radius 3 is 2.43 bits per heavy atom. The van der Waals surface area contributed by atoms with Crippen molar-refractivity contribution in [1.29, 1.82) is 0 Å². The summed E-state index contributed by atoms with van der Waals surface area (Å²) in [5.74, 6) is 0.822. The molecule has 14 heavy (non-hydrogen) atoms. The summed E-state index contributed by atoms with van der Waals surface area (Å²) in [6.45, 7) is 2.53. The van der Waals surface area contributed by atoms with E-state index in [4.69, 9.17) is 14.9 Å². The number of aliphatic hydroxyl groups is 2. The summed E-state index contributed by atoms with van der Waals surface area (Å²) in [6.07, 6.45) is -0.228. The minimum Gasteiger partial charge on any atom is -0.494 e. The summed E-state index contributed by atoms with van der Waals surface area (Å²) in [4.78, 5) is 0. The second kappa shape index (κ2) is 5.62. The predicted molar refractivity (Wildman–Crippen MR) is 54.1 cm³/mol. The molecule has 1 rings (SSSR count). The molecule has 0 amide bonds. The van der Waals surface area contributed by atoms with E-state index in [0.717, 1.165) is 5.75 Å². The van der Waals surface area contributed by atoms with Crippen LogP contribution in [0.2, 0.25) is 0 Å². The Hall–Kier alpha value is -1.06. The normalized spacial score (nSPS) is 10.6. The van der Waals surface area contributed by atoms with Crippen molar-refractivity contribution >= 4 is 0 Å². The van der Waals surface area contributed by atoms with Crippen LogP contribution in [-0.2, 0) is 0 Å². The molecule has 3 nitrogen and oxygen atoms in total. The van der Waals surface area contributed by atoms with Crippen molar-refractivity contribution in [3.8, 4) is 5.75 Å². The maximum absolute atomic E-state index is 8.59. The Bertz CT molecular complexity index is 254. The van der Waals surface area contributed by atoms with Crippen LogP contribution in [0.3, 0.4) is 0 Å². The van der Waals surface area contributed by atoms with E-state index >= 15 is 0 Å². The Kier molecular flexibility index (Phi) is 4.43. The number of hydrogen-bond donors (Lipinski definition) is 2. The van der Waals surface area contributed by atoms with E-state index in [1.807, 2.05) is 31.2 Å². The molecule has 0 unspecified atom stereocenters. The van der Waals surface area contributed by atoms with Gasteiger partial charge in [0.05, 0.1) is 6.61 Å². The van der Waals surface area contributed by atoms with Crippen LogP contribution in [0.5, 0.6) is 5.75 Å². The largest absolute Gasteiger partial charge is 0.494 e. The molecule has 0 fully saturated rings. The van der Waals surface area contributed by atoms with E-state index in [0.29, 0.717) is 19.4 Å². The Labute approximate surface area is 84.0 Å². The van der Waals surface area contributed by atoms with Crippen molar-refractivity contribution < 1.29 is 14.9 Å². The van der Waals surface area contributed by atoms with Gasteiger partial charge in [0, 0.05) is 6.42 Å². The highest BCUT2D eigenvalue weighted by atomic mass is 16.5. The fraction of sp³-hybridized carbons (Fsp3) is 0.455. The van der Waals surface area contributed by atoms with Gasteiger partial charge < -0.3 is 14.9 Å². The lowest BCUT2D eigenvalue weighted by Crippen LogP contribution is -2.07. The standard InChI is InChI=1S/C11H16O3/c1-9-4-6-10(7-5-9)14-8-2-3-11(12)13/h4-7,11-13H,2-3,8H2,1H3. The highest BCUT2D eigenvalue weighted by Crippen LogP contribution is 2.11. The van der Waals surface area contributed by atoms with Crippen LogP contribution in [0, 0.1) is 6.92 Å². The van der Waals surface area contributed by atoms with Crippen LogP contribution >= 0.6 is 0 Å². The zero-order valence-electron chi connectivity index (χ0n) is 8.31. The zero-order valence-corrected chi connectivity index (χ0v) is 8.31. The first-order chi connectivity index (χ1) is 6.68. The van der Waals surface area contributed by atoms with E-state index in [1.54, 1.807) is 0 Å². The van der Waals surface area contributed by atoms with Gasteiger partial charge in [-0.3, -0.25) is 0 Å². The highest BCUT2D eigenvalue weighted by molar-refractivity contribution is 5.26. The van der Waals surface area contributed by atoms with Gasteiger partial charge in [0.15, 0.2) is 6.29 Å². The third kappa shape index (κ3) is 4.25. The smallest absolute Gasteiger partial charge is 0.151 e. The second-order valence-corrected chi connectivity index (χ2v) is 3.28. The molecule has 0 aromatic heterocycles. The fourth-order valence-corrected chi connectivity index (χ4v) is 1.09. The molecule has 0 saturated carbocycles. The van der Waals surface area contributed by atoms with E-state index in [-0.39, 0.29) is 0 Å². The van der Waals surface area contributed by atoms with Crippen LogP contribution in [0.4, 0.5) is 0 Å². The van der Waals surface area contributed by atoms with Crippen molar-refractivity contribution in [2.24, 2.45) is 0 Å². The summed E-state index contributed by atoms with van der Waals surface area (Å²) in [6, 6.07) is 7.78. The van der Waals surface area contributed by atoms with Crippen LogP contribution in [0.25, 0.3) is 0 Å². The number of hydrogen-bond acceptors (Lipinski definition) is 3. The van der Waals surface area contributed by atoms with Crippen molar-refractivity contribution in [3.05, 3.63) is 29.8 Å². The number of benzene rings is 1. The van der Waals surface area contributed by atoms with Crippen LogP contribution in [0.15, 0.2) is 24.3 Å². The molecular formula is C11H16O3. The molecule has 1 aromatic rings. The van der Waals surface area contributed by atoms with Gasteiger partial charge in [0.25, 0.3) is 0 Å². The highest BCUT2D eigenvalue weighted by Gasteiger charge is 1.97. The van der Waals surface area contributed by atoms with Gasteiger partial charge in [0.1, 0.15) is 5.75 Å². The van der Waals surface area contributed by atoms with Crippen molar-refractivity contribution in [2.75, 3.05) is 6.61 Å². The Balaban J connectivity index is 2.21. The third-order valence-electron chi connectivity index (χ3n) is 1.90. The van der Waals surface area contributed by atoms with E-state index in [1.165, 1.54) is 5.56 Å². The topological polar surface area (TPSA) is 49.7 Å². The molecule has 0 atom stereocenters. The van der Waals surface area contributed by atoms with Gasteiger partial charge >= 0.3 is 0 Å². The lowest BCUT2D eigenvalue weighted by Gasteiger charge is -2.06.